The van der Waals surface area contributed by atoms with Gasteiger partial charge in [-0.05, 0) is 37.3 Å². The number of aldehydes is 1. The Morgan fingerprint density at radius 3 is 2.53 bits per heavy atom. The van der Waals surface area contributed by atoms with Gasteiger partial charge in [0.1, 0.15) is 11.5 Å². The maximum Gasteiger partial charge on any atom is 0.152 e. The third-order valence-corrected chi connectivity index (χ3v) is 3.40. The Morgan fingerprint density at radius 2 is 1.84 bits per heavy atom. The second kappa shape index (κ2) is 4.02. The minimum Gasteiger partial charge on any atom is -0.508 e. The van der Waals surface area contributed by atoms with Gasteiger partial charge < -0.3 is 14.8 Å². The number of rotatable bonds is 2. The van der Waals surface area contributed by atoms with Crippen LogP contribution in [0.15, 0.2) is 30.3 Å². The summed E-state index contributed by atoms with van der Waals surface area (Å²) in [5.41, 5.74) is 2.17. The van der Waals surface area contributed by atoms with E-state index in [0.717, 1.165) is 28.1 Å². The molecule has 0 fully saturated rings. The number of benzene rings is 2. The summed E-state index contributed by atoms with van der Waals surface area (Å²) in [5, 5.41) is 21.0. The van der Waals surface area contributed by atoms with E-state index in [9.17, 15) is 15.0 Å². The molecular weight excluding hydrogens is 242 g/mol. The molecule has 0 saturated heterocycles. The fourth-order valence-electron chi connectivity index (χ4n) is 2.66. The van der Waals surface area contributed by atoms with Gasteiger partial charge in [0.2, 0.25) is 0 Å². The molecule has 0 radical (unpaired) electrons. The zero-order valence-corrected chi connectivity index (χ0v) is 10.4. The lowest BCUT2D eigenvalue weighted by Crippen LogP contribution is -1.96. The lowest BCUT2D eigenvalue weighted by molar-refractivity contribution is 0.112. The molecule has 1 aromatic heterocycles. The molecule has 3 rings (SSSR count). The number of carbonyl (C=O) groups excluding carboxylic acids is 1. The average molecular weight is 255 g/mol. The smallest absolute Gasteiger partial charge is 0.152 e. The molecule has 0 saturated carbocycles. The molecule has 4 heteroatoms. The van der Waals surface area contributed by atoms with E-state index in [1.54, 1.807) is 18.2 Å². The van der Waals surface area contributed by atoms with Crippen LogP contribution in [0, 0.1) is 0 Å². The molecule has 2 aromatic carbocycles. The molecule has 4 nitrogen and oxygen atoms in total. The minimum atomic E-state index is 0.0492. The summed E-state index contributed by atoms with van der Waals surface area (Å²) in [7, 11) is 0. The largest absolute Gasteiger partial charge is 0.508 e. The van der Waals surface area contributed by atoms with Crippen LogP contribution in [-0.2, 0) is 6.54 Å². The Kier molecular flexibility index (Phi) is 2.45. The highest BCUT2D eigenvalue weighted by Gasteiger charge is 2.14. The van der Waals surface area contributed by atoms with Gasteiger partial charge in [-0.2, -0.15) is 0 Å². The van der Waals surface area contributed by atoms with E-state index in [1.165, 1.54) is 6.07 Å². The molecule has 2 N–H and O–H groups in total. The highest BCUT2D eigenvalue weighted by molar-refractivity contribution is 6.13. The molecule has 0 atom stereocenters. The number of phenols is 2. The van der Waals surface area contributed by atoms with Crippen molar-refractivity contribution in [3.8, 4) is 11.5 Å². The van der Waals surface area contributed by atoms with E-state index in [2.05, 4.69) is 0 Å². The normalized spacial score (nSPS) is 11.2. The molecule has 0 aliphatic carbocycles. The van der Waals surface area contributed by atoms with Crippen LogP contribution in [0.3, 0.4) is 0 Å². The van der Waals surface area contributed by atoms with Gasteiger partial charge >= 0.3 is 0 Å². The predicted octanol–water partition coefficient (Wildman–Crippen LogP) is 3.04. The fourth-order valence-corrected chi connectivity index (χ4v) is 2.66. The molecule has 19 heavy (non-hydrogen) atoms. The first-order valence-corrected chi connectivity index (χ1v) is 6.08. The molecule has 3 aromatic rings. The summed E-state index contributed by atoms with van der Waals surface area (Å²) in [5.74, 6) is 0.215. The summed E-state index contributed by atoms with van der Waals surface area (Å²) in [6.07, 6.45) is 0.743. The van der Waals surface area contributed by atoms with Crippen LogP contribution in [0.5, 0.6) is 11.5 Å². The van der Waals surface area contributed by atoms with E-state index in [4.69, 9.17) is 0 Å². The zero-order valence-electron chi connectivity index (χ0n) is 10.4. The summed E-state index contributed by atoms with van der Waals surface area (Å²) in [4.78, 5) is 11.2. The van der Waals surface area contributed by atoms with Crippen molar-refractivity contribution in [2.24, 2.45) is 0 Å². The van der Waals surface area contributed by atoms with Crippen molar-refractivity contribution in [2.45, 2.75) is 13.5 Å². The fraction of sp³-hybridized carbons (Fsp3) is 0.133. The lowest BCUT2D eigenvalue weighted by atomic mass is 10.1. The van der Waals surface area contributed by atoms with Crippen molar-refractivity contribution in [1.29, 1.82) is 0 Å². The van der Waals surface area contributed by atoms with Crippen molar-refractivity contribution < 1.29 is 15.0 Å². The summed E-state index contributed by atoms with van der Waals surface area (Å²) in [6.45, 7) is 2.70. The first-order chi connectivity index (χ1) is 9.15. The highest BCUT2D eigenvalue weighted by atomic mass is 16.3. The SMILES string of the molecule is CCn1c2ccc(O)cc2c2cc(O)cc(C=O)c21. The topological polar surface area (TPSA) is 62.5 Å². The maximum absolute atomic E-state index is 11.2. The second-order valence-corrected chi connectivity index (χ2v) is 4.49. The van der Waals surface area contributed by atoms with E-state index >= 15 is 0 Å². The van der Waals surface area contributed by atoms with Crippen molar-refractivity contribution in [3.63, 3.8) is 0 Å². The summed E-state index contributed by atoms with van der Waals surface area (Å²) in [6, 6.07) is 8.17. The van der Waals surface area contributed by atoms with E-state index < -0.39 is 0 Å². The number of phenolic OH excluding ortho intramolecular Hbond substituents is 2. The second-order valence-electron chi connectivity index (χ2n) is 4.49. The Labute approximate surface area is 109 Å². The van der Waals surface area contributed by atoms with Gasteiger partial charge in [-0.3, -0.25) is 4.79 Å². The third kappa shape index (κ3) is 1.57. The molecule has 1 heterocycles. The van der Waals surface area contributed by atoms with Crippen LogP contribution >= 0.6 is 0 Å². The number of hydrogen-bond donors (Lipinski definition) is 2. The van der Waals surface area contributed by atoms with E-state index in [-0.39, 0.29) is 11.5 Å². The van der Waals surface area contributed by atoms with E-state index in [1.807, 2.05) is 17.6 Å². The molecule has 96 valence electrons. The zero-order chi connectivity index (χ0) is 13.6. The van der Waals surface area contributed by atoms with Crippen molar-refractivity contribution >= 4 is 28.1 Å². The molecule has 0 unspecified atom stereocenters. The van der Waals surface area contributed by atoms with E-state index in [0.29, 0.717) is 12.1 Å². The summed E-state index contributed by atoms with van der Waals surface area (Å²) >= 11 is 0. The van der Waals surface area contributed by atoms with Gasteiger partial charge in [0, 0.05) is 28.4 Å². The van der Waals surface area contributed by atoms with Gasteiger partial charge in [-0.1, -0.05) is 0 Å². The van der Waals surface area contributed by atoms with Gasteiger partial charge in [0.05, 0.1) is 5.52 Å². The highest BCUT2D eigenvalue weighted by Crippen LogP contribution is 2.35. The first-order valence-electron chi connectivity index (χ1n) is 6.08. The molecule has 0 bridgehead atoms. The predicted molar refractivity (Wildman–Crippen MR) is 73.8 cm³/mol. The van der Waals surface area contributed by atoms with Gasteiger partial charge in [-0.25, -0.2) is 0 Å². The Balaban J connectivity index is 2.62. The van der Waals surface area contributed by atoms with Crippen LogP contribution in [0.4, 0.5) is 0 Å². The van der Waals surface area contributed by atoms with Crippen molar-refractivity contribution in [3.05, 3.63) is 35.9 Å². The standard InChI is InChI=1S/C15H13NO3/c1-2-16-14-4-3-10(18)6-12(14)13-7-11(19)5-9(8-17)15(13)16/h3-8,18-19H,2H2,1H3. The number of nitrogens with zero attached hydrogens (tertiary/aromatic N) is 1. The first kappa shape index (κ1) is 11.6. The van der Waals surface area contributed by atoms with Crippen LogP contribution in [0.2, 0.25) is 0 Å². The number of aromatic nitrogens is 1. The third-order valence-electron chi connectivity index (χ3n) is 3.40. The quantitative estimate of drug-likeness (QED) is 0.692. The summed E-state index contributed by atoms with van der Waals surface area (Å²) < 4.78 is 2.01. The Morgan fingerprint density at radius 1 is 1.11 bits per heavy atom. The molecular formula is C15H13NO3. The molecule has 0 aliphatic rings. The molecule has 0 amide bonds. The van der Waals surface area contributed by atoms with Crippen molar-refractivity contribution in [1.82, 2.24) is 4.57 Å². The number of carbonyl (C=O) groups is 1. The number of aryl methyl sites for hydroxylation is 1. The Hall–Kier alpha value is -2.49. The van der Waals surface area contributed by atoms with Crippen LogP contribution in [0.25, 0.3) is 21.8 Å². The van der Waals surface area contributed by atoms with Gasteiger partial charge in [-0.15, -0.1) is 0 Å². The van der Waals surface area contributed by atoms with Crippen LogP contribution < -0.4 is 0 Å². The minimum absolute atomic E-state index is 0.0492. The van der Waals surface area contributed by atoms with Gasteiger partial charge in [0.15, 0.2) is 6.29 Å². The molecule has 0 spiro atoms. The Bertz CT molecular complexity index is 802. The molecule has 0 aliphatic heterocycles. The average Bonchev–Trinajstić information content (AvgIpc) is 2.71. The van der Waals surface area contributed by atoms with Crippen LogP contribution in [0.1, 0.15) is 17.3 Å². The number of aromatic hydroxyl groups is 2. The van der Waals surface area contributed by atoms with Crippen LogP contribution in [-0.4, -0.2) is 21.1 Å². The monoisotopic (exact) mass is 255 g/mol. The number of fused-ring (bicyclic) bond motifs is 3. The van der Waals surface area contributed by atoms with Gasteiger partial charge in [0.25, 0.3) is 0 Å². The lowest BCUT2D eigenvalue weighted by Gasteiger charge is -2.05. The maximum atomic E-state index is 11.2. The number of hydrogen-bond acceptors (Lipinski definition) is 3. The van der Waals surface area contributed by atoms with Crippen molar-refractivity contribution in [2.75, 3.05) is 0 Å².